The Morgan fingerprint density at radius 3 is 1.27 bits per heavy atom. The highest BCUT2D eigenvalue weighted by atomic mass is 35.5. The van der Waals surface area contributed by atoms with Crippen LogP contribution in [-0.4, -0.2) is 142 Å². The standard InChI is InChI=1S/C26H29ClN6O3.C25H28ClN7O3.C24H26N6O3S/c1-4-20(17-7-5-8-18(27)15-17)30-26(36)33-23(25(35)32(3)22-9-6-12-31(22)2)19(24(33)34)13-16-10-11-29-21(28)14-16;1-4-20(16-6-5-7-17(26)12-16)30-25(36)33-22(24(35)32(3)18-13-29-31(2)14-18)19(23(33)34)10-15-8-9-28-21(27)11-15;1-3-18(16-7-5-4-6-8-16)28-24(33)30-21(23(32)29(2)20-13-26-14-34-20)17(22(30)31)11-15-9-10-27-19(25)12-15/h5-12,14-15,19-20,23H,4,13H2,1-3H3,(H2,28,29)(H,30,36);5-9,11-14,19-20,22H,4,10H2,1-3H3,(H2,27,28)(H,30,36);4-10,12-14,17-18,21H,3,11H2,1-2H3,(H2,25,27)(H,28,33)/t19-,20-,23+;19-,20-,22+;17-,18-,21+/m111/s1. The van der Waals surface area contributed by atoms with Crippen molar-refractivity contribution in [3.63, 3.8) is 0 Å². The summed E-state index contributed by atoms with van der Waals surface area (Å²) in [6, 6.07) is 32.0. The number of pyridine rings is 3. The van der Waals surface area contributed by atoms with Crippen molar-refractivity contribution < 1.29 is 43.2 Å². The number of urea groups is 3. The molecule has 0 unspecified atom stereocenters. The molecule has 3 fully saturated rings. The molecule has 9 heterocycles. The number of amides is 12. The van der Waals surface area contributed by atoms with Crippen LogP contribution in [0.5, 0.6) is 0 Å². The van der Waals surface area contributed by atoms with E-state index in [1.807, 2.05) is 82.5 Å². The van der Waals surface area contributed by atoms with E-state index >= 15 is 0 Å². The molecule has 3 aliphatic heterocycles. The highest BCUT2D eigenvalue weighted by molar-refractivity contribution is 7.14. The van der Waals surface area contributed by atoms with Gasteiger partial charge in [0.05, 0.1) is 59.5 Å². The zero-order valence-corrected chi connectivity index (χ0v) is 61.9. The number of aryl methyl sites for hydroxylation is 2. The van der Waals surface area contributed by atoms with Crippen molar-refractivity contribution in [2.24, 2.45) is 31.8 Å². The van der Waals surface area contributed by atoms with E-state index in [2.05, 4.69) is 41.0 Å². The summed E-state index contributed by atoms with van der Waals surface area (Å²) in [4.78, 5) is 144. The summed E-state index contributed by atoms with van der Waals surface area (Å²) in [5.74, 6) is -2.83. The second kappa shape index (κ2) is 34.4. The summed E-state index contributed by atoms with van der Waals surface area (Å²) in [5, 5.41) is 14.6. The van der Waals surface area contributed by atoms with Crippen molar-refractivity contribution in [2.45, 2.75) is 95.5 Å². The van der Waals surface area contributed by atoms with Crippen LogP contribution in [0.25, 0.3) is 0 Å². The smallest absolute Gasteiger partial charge is 0.325 e. The number of thiazole rings is 1. The largest absolute Gasteiger partial charge is 0.384 e. The van der Waals surface area contributed by atoms with Crippen LogP contribution in [0, 0.1) is 17.8 Å². The lowest BCUT2D eigenvalue weighted by Gasteiger charge is -2.46. The Morgan fingerprint density at radius 1 is 0.509 bits per heavy atom. The Bertz CT molecular complexity index is 4680. The first-order valence-corrected chi connectivity index (χ1v) is 35.8. The summed E-state index contributed by atoms with van der Waals surface area (Å²) in [6.45, 7) is 5.79. The third-order valence-corrected chi connectivity index (χ3v) is 20.2. The maximum absolute atomic E-state index is 13.7. The number of likely N-dealkylation sites (tertiary alicyclic amines) is 3. The van der Waals surface area contributed by atoms with Crippen molar-refractivity contribution >= 4 is 122 Å². The third kappa shape index (κ3) is 17.5. The van der Waals surface area contributed by atoms with Gasteiger partial charge in [0.1, 0.15) is 46.4 Å². The van der Waals surface area contributed by atoms with Gasteiger partial charge in [0, 0.05) is 76.3 Å². The molecular formula is C75H83Cl2N19O9S. The maximum Gasteiger partial charge on any atom is 0.325 e. The van der Waals surface area contributed by atoms with Crippen LogP contribution < -0.4 is 47.9 Å². The van der Waals surface area contributed by atoms with Gasteiger partial charge in [-0.1, -0.05) is 98.6 Å². The first kappa shape index (κ1) is 77.1. The molecule has 9 atom stereocenters. The summed E-state index contributed by atoms with van der Waals surface area (Å²) in [6.07, 6.45) is 13.9. The number of halogens is 2. The van der Waals surface area contributed by atoms with Crippen molar-refractivity contribution in [2.75, 3.05) is 53.0 Å². The van der Waals surface area contributed by atoms with Gasteiger partial charge in [-0.15, -0.1) is 11.3 Å². The molecule has 3 aliphatic rings. The molecule has 0 saturated carbocycles. The van der Waals surface area contributed by atoms with Crippen molar-refractivity contribution in [1.29, 1.82) is 0 Å². The zero-order valence-electron chi connectivity index (χ0n) is 59.6. The summed E-state index contributed by atoms with van der Waals surface area (Å²) in [5.41, 5.74) is 24.4. The van der Waals surface area contributed by atoms with Crippen molar-refractivity contribution in [1.82, 2.24) is 64.9 Å². The minimum absolute atomic E-state index is 0.248. The van der Waals surface area contributed by atoms with Crippen molar-refractivity contribution in [3.8, 4) is 0 Å². The molecule has 3 aromatic carbocycles. The molecule has 28 nitrogen and oxygen atoms in total. The van der Waals surface area contributed by atoms with Crippen LogP contribution in [-0.2, 0) is 62.1 Å². The number of benzene rings is 3. The number of imide groups is 3. The van der Waals surface area contributed by atoms with Crippen LogP contribution >= 0.6 is 34.5 Å². The number of carbonyl (C=O) groups is 9. The Morgan fingerprint density at radius 2 is 0.915 bits per heavy atom. The van der Waals surface area contributed by atoms with E-state index in [4.69, 9.17) is 40.4 Å². The molecule has 0 radical (unpaired) electrons. The third-order valence-electron chi connectivity index (χ3n) is 18.9. The van der Waals surface area contributed by atoms with Gasteiger partial charge in [-0.3, -0.25) is 58.0 Å². The highest BCUT2D eigenvalue weighted by Gasteiger charge is 2.58. The number of carbonyl (C=O) groups excluding carboxylic acids is 9. The van der Waals surface area contributed by atoms with Gasteiger partial charge in [0.15, 0.2) is 0 Å². The molecular weight excluding hydrogens is 1410 g/mol. The number of nitrogen functional groups attached to an aromatic ring is 3. The molecule has 6 aromatic heterocycles. The number of β-lactam (4-membered cyclic amide) rings is 3. The van der Waals surface area contributed by atoms with E-state index < -0.39 is 71.7 Å². The Kier molecular flexibility index (Phi) is 25.0. The van der Waals surface area contributed by atoms with Gasteiger partial charge in [-0.05, 0) is 145 Å². The van der Waals surface area contributed by atoms with E-state index in [1.165, 1.54) is 26.0 Å². The quantitative estimate of drug-likeness (QED) is 0.0364. The lowest BCUT2D eigenvalue weighted by atomic mass is 9.81. The monoisotopic (exact) mass is 1500 g/mol. The number of hydrogen-bond donors (Lipinski definition) is 6. The topological polar surface area (TPSA) is 362 Å². The van der Waals surface area contributed by atoms with Gasteiger partial charge in [0.25, 0.3) is 17.7 Å². The summed E-state index contributed by atoms with van der Waals surface area (Å²) in [7, 11) is 8.42. The van der Waals surface area contributed by atoms with E-state index in [0.717, 1.165) is 48.1 Å². The number of hydrogen-bond acceptors (Lipinski definition) is 18. The molecule has 31 heteroatoms. The minimum Gasteiger partial charge on any atom is -0.384 e. The number of nitrogens with two attached hydrogens (primary N) is 3. The number of aromatic nitrogens is 7. The number of rotatable bonds is 21. The predicted octanol–water partition coefficient (Wildman–Crippen LogP) is 9.51. The molecule has 552 valence electrons. The van der Waals surface area contributed by atoms with Crippen LogP contribution in [0.2, 0.25) is 10.0 Å². The minimum atomic E-state index is -0.992. The molecule has 9 aromatic rings. The van der Waals surface area contributed by atoms with Crippen LogP contribution in [0.3, 0.4) is 0 Å². The molecule has 106 heavy (non-hydrogen) atoms. The predicted molar refractivity (Wildman–Crippen MR) is 404 cm³/mol. The van der Waals surface area contributed by atoms with Gasteiger partial charge in [-0.2, -0.15) is 5.10 Å². The van der Waals surface area contributed by atoms with Gasteiger partial charge in [0.2, 0.25) is 17.7 Å². The number of anilines is 6. The first-order chi connectivity index (χ1) is 50.8. The summed E-state index contributed by atoms with van der Waals surface area (Å²) >= 11 is 13.6. The fraction of sp³-hybridized carbons (Fsp3) is 0.307. The average Bonchev–Trinajstić information content (AvgIpc) is 1.47. The zero-order chi connectivity index (χ0) is 76.2. The SMILES string of the molecule is CC[C@@H](NC(=O)N1C(=O)[C@H](Cc2ccnc(N)c2)[C@H]1C(=O)N(C)c1cccn1C)c1cccc(Cl)c1.CC[C@@H](NC(=O)N1C(=O)[C@H](Cc2ccnc(N)c2)[C@H]1C(=O)N(C)c1cncs1)c1ccccc1.CC[C@@H](NC(=O)N1C(=O)[C@H](Cc2ccnc(N)c2)[C@H]1C(=O)N(C)c1cnn(C)c1)c1cccc(Cl)c1. The van der Waals surface area contributed by atoms with Crippen LogP contribution in [0.4, 0.5) is 48.3 Å². The van der Waals surface area contributed by atoms with E-state index in [0.29, 0.717) is 63.3 Å². The number of likely N-dealkylation sites (N-methyl/N-ethyl adjacent to an activating group) is 3. The molecule has 0 spiro atoms. The maximum atomic E-state index is 13.7. The number of nitrogens with one attached hydrogen (secondary N) is 3. The Balaban J connectivity index is 0.000000170. The van der Waals surface area contributed by atoms with E-state index in [-0.39, 0.29) is 55.1 Å². The van der Waals surface area contributed by atoms with E-state index in [1.54, 1.807) is 159 Å². The molecule has 3 saturated heterocycles. The molecule has 0 aliphatic carbocycles. The van der Waals surface area contributed by atoms with Crippen molar-refractivity contribution in [3.05, 3.63) is 220 Å². The Labute approximate surface area is 626 Å². The van der Waals surface area contributed by atoms with Crippen LogP contribution in [0.1, 0.15) is 91.5 Å². The first-order valence-electron chi connectivity index (χ1n) is 34.2. The van der Waals surface area contributed by atoms with Gasteiger partial charge >= 0.3 is 18.1 Å². The molecule has 12 rings (SSSR count). The molecule has 0 bridgehead atoms. The lowest BCUT2D eigenvalue weighted by Crippen LogP contribution is -2.70. The second-order valence-corrected chi connectivity index (χ2v) is 27.5. The van der Waals surface area contributed by atoms with E-state index in [9.17, 15) is 43.2 Å². The highest BCUT2D eigenvalue weighted by Crippen LogP contribution is 2.38. The number of nitrogens with zero attached hydrogens (tertiary/aromatic N) is 13. The van der Waals surface area contributed by atoms with Gasteiger partial charge in [-0.25, -0.2) is 29.3 Å². The average molecular weight is 1500 g/mol. The lowest BCUT2D eigenvalue weighted by molar-refractivity contribution is -0.156. The summed E-state index contributed by atoms with van der Waals surface area (Å²) < 4.78 is 3.37. The Hall–Kier alpha value is -11.6. The molecule has 9 N–H and O–H groups in total. The molecule has 12 amide bonds. The fourth-order valence-electron chi connectivity index (χ4n) is 13.1. The normalized spacial score (nSPS) is 18.0. The fourth-order valence-corrected chi connectivity index (χ4v) is 14.1. The van der Waals surface area contributed by atoms with Gasteiger partial charge < -0.3 is 47.5 Å². The van der Waals surface area contributed by atoms with Crippen LogP contribution in [0.15, 0.2) is 176 Å². The second-order valence-electron chi connectivity index (χ2n) is 25.8.